The molecule has 1 aromatic carbocycles. The van der Waals surface area contributed by atoms with E-state index in [1.54, 1.807) is 18.2 Å². The number of hydrogen-bond acceptors (Lipinski definition) is 3. The summed E-state index contributed by atoms with van der Waals surface area (Å²) in [6, 6.07) is 7.54. The van der Waals surface area contributed by atoms with Gasteiger partial charge >= 0.3 is 0 Å². The highest BCUT2D eigenvalue weighted by atomic mass is 35.5. The minimum Gasteiger partial charge on any atom is -0.372 e. The van der Waals surface area contributed by atoms with Crippen molar-refractivity contribution in [2.75, 3.05) is 24.6 Å². The lowest BCUT2D eigenvalue weighted by molar-refractivity contribution is 0.0909. The third-order valence-corrected chi connectivity index (χ3v) is 3.25. The number of rotatable bonds is 4. The van der Waals surface area contributed by atoms with Crippen molar-refractivity contribution >= 4 is 17.3 Å². The second-order valence-corrected chi connectivity index (χ2v) is 4.69. The molecule has 0 bridgehead atoms. The number of ether oxygens (including phenoxy) is 1. The van der Waals surface area contributed by atoms with E-state index in [1.807, 2.05) is 6.07 Å². The zero-order chi connectivity index (χ0) is 13.0. The zero-order valence-corrected chi connectivity index (χ0v) is 10.9. The van der Waals surface area contributed by atoms with Crippen LogP contribution >= 0.6 is 11.6 Å². The van der Waals surface area contributed by atoms with Gasteiger partial charge in [-0.15, -0.1) is 6.58 Å². The fraction of sp³-hybridized carbons (Fsp3) is 0.357. The molecular formula is C14H15ClN2O. The summed E-state index contributed by atoms with van der Waals surface area (Å²) in [5, 5.41) is 9.76. The molecule has 3 nitrogen and oxygen atoms in total. The van der Waals surface area contributed by atoms with Crippen molar-refractivity contribution in [1.29, 1.82) is 5.26 Å². The molecule has 2 rings (SSSR count). The van der Waals surface area contributed by atoms with Gasteiger partial charge < -0.3 is 9.64 Å². The van der Waals surface area contributed by atoms with Gasteiger partial charge in [0.25, 0.3) is 0 Å². The van der Waals surface area contributed by atoms with Crippen LogP contribution in [0.15, 0.2) is 30.9 Å². The molecule has 94 valence electrons. The van der Waals surface area contributed by atoms with Crippen LogP contribution in [-0.2, 0) is 4.74 Å². The van der Waals surface area contributed by atoms with Crippen LogP contribution in [0.3, 0.4) is 0 Å². The Bertz CT molecular complexity index is 481. The minimum atomic E-state index is 0.202. The van der Waals surface area contributed by atoms with Crippen LogP contribution in [0.5, 0.6) is 0 Å². The highest BCUT2D eigenvalue weighted by molar-refractivity contribution is 6.30. The number of benzene rings is 1. The summed E-state index contributed by atoms with van der Waals surface area (Å²) in [6.45, 7) is 5.89. The van der Waals surface area contributed by atoms with Crippen molar-refractivity contribution < 1.29 is 4.74 Å². The number of nitrogens with zero attached hydrogens (tertiary/aromatic N) is 2. The predicted molar refractivity (Wildman–Crippen MR) is 72.9 cm³/mol. The molecule has 1 aromatic rings. The molecule has 0 spiro atoms. The molecule has 0 amide bonds. The van der Waals surface area contributed by atoms with Gasteiger partial charge in [-0.25, -0.2) is 0 Å². The third kappa shape index (κ3) is 2.84. The van der Waals surface area contributed by atoms with E-state index in [1.165, 1.54) is 0 Å². The summed E-state index contributed by atoms with van der Waals surface area (Å²) in [6.07, 6.45) is 2.92. The number of halogens is 1. The van der Waals surface area contributed by atoms with Crippen LogP contribution in [0, 0.1) is 11.3 Å². The van der Waals surface area contributed by atoms with Gasteiger partial charge in [-0.1, -0.05) is 17.7 Å². The molecule has 1 heterocycles. The van der Waals surface area contributed by atoms with Gasteiger partial charge in [0.1, 0.15) is 6.07 Å². The summed E-state index contributed by atoms with van der Waals surface area (Å²) in [7, 11) is 0. The molecule has 1 atom stereocenters. The maximum atomic E-state index is 9.11. The van der Waals surface area contributed by atoms with Crippen LogP contribution in [0.1, 0.15) is 12.0 Å². The Hall–Kier alpha value is -1.50. The first-order chi connectivity index (χ1) is 8.74. The van der Waals surface area contributed by atoms with E-state index in [9.17, 15) is 0 Å². The summed E-state index contributed by atoms with van der Waals surface area (Å²) in [4.78, 5) is 2.15. The molecule has 0 aliphatic carbocycles. The molecule has 1 aliphatic heterocycles. The summed E-state index contributed by atoms with van der Waals surface area (Å²) >= 11 is 5.99. The lowest BCUT2D eigenvalue weighted by Crippen LogP contribution is -2.23. The number of anilines is 1. The fourth-order valence-electron chi connectivity index (χ4n) is 2.15. The van der Waals surface area contributed by atoms with Crippen LogP contribution in [0.4, 0.5) is 5.69 Å². The van der Waals surface area contributed by atoms with Gasteiger partial charge in [0.05, 0.1) is 24.0 Å². The summed E-state index contributed by atoms with van der Waals surface area (Å²) in [5.74, 6) is 0. The normalized spacial score (nSPS) is 18.7. The SMILES string of the molecule is C=CCOC1CCN(c2cc(Cl)ccc2C#N)C1. The quantitative estimate of drug-likeness (QED) is 0.783. The molecule has 0 N–H and O–H groups in total. The van der Waals surface area contributed by atoms with E-state index < -0.39 is 0 Å². The van der Waals surface area contributed by atoms with Gasteiger partial charge in [0.15, 0.2) is 0 Å². The van der Waals surface area contributed by atoms with Crippen LogP contribution in [0.25, 0.3) is 0 Å². The van der Waals surface area contributed by atoms with E-state index >= 15 is 0 Å². The van der Waals surface area contributed by atoms with Gasteiger partial charge in [0, 0.05) is 18.1 Å². The Morgan fingerprint density at radius 2 is 2.44 bits per heavy atom. The second kappa shape index (κ2) is 5.90. The maximum absolute atomic E-state index is 9.11. The number of hydrogen-bond donors (Lipinski definition) is 0. The lowest BCUT2D eigenvalue weighted by atomic mass is 10.2. The molecule has 4 heteroatoms. The second-order valence-electron chi connectivity index (χ2n) is 4.25. The monoisotopic (exact) mass is 262 g/mol. The average molecular weight is 263 g/mol. The third-order valence-electron chi connectivity index (χ3n) is 3.02. The minimum absolute atomic E-state index is 0.202. The predicted octanol–water partition coefficient (Wildman–Crippen LogP) is 2.99. The van der Waals surface area contributed by atoms with E-state index in [2.05, 4.69) is 17.5 Å². The van der Waals surface area contributed by atoms with E-state index in [-0.39, 0.29) is 6.10 Å². The fourth-order valence-corrected chi connectivity index (χ4v) is 2.31. The lowest BCUT2D eigenvalue weighted by Gasteiger charge is -2.20. The largest absolute Gasteiger partial charge is 0.372 e. The topological polar surface area (TPSA) is 36.3 Å². The van der Waals surface area contributed by atoms with Crippen molar-refractivity contribution in [2.45, 2.75) is 12.5 Å². The van der Waals surface area contributed by atoms with Gasteiger partial charge in [0.2, 0.25) is 0 Å². The molecule has 1 saturated heterocycles. The Labute approximate surface area is 112 Å². The van der Waals surface area contributed by atoms with Gasteiger partial charge in [-0.3, -0.25) is 0 Å². The van der Waals surface area contributed by atoms with Crippen molar-refractivity contribution in [3.8, 4) is 6.07 Å². The number of nitriles is 1. The van der Waals surface area contributed by atoms with Crippen molar-refractivity contribution in [2.24, 2.45) is 0 Å². The molecular weight excluding hydrogens is 248 g/mol. The molecule has 1 fully saturated rings. The van der Waals surface area contributed by atoms with Gasteiger partial charge in [-0.05, 0) is 24.6 Å². The van der Waals surface area contributed by atoms with Crippen molar-refractivity contribution in [3.05, 3.63) is 41.4 Å². The van der Waals surface area contributed by atoms with E-state index in [4.69, 9.17) is 21.6 Å². The molecule has 0 aromatic heterocycles. The van der Waals surface area contributed by atoms with Crippen molar-refractivity contribution in [1.82, 2.24) is 0 Å². The molecule has 1 unspecified atom stereocenters. The van der Waals surface area contributed by atoms with Gasteiger partial charge in [-0.2, -0.15) is 5.26 Å². The van der Waals surface area contributed by atoms with E-state index in [0.29, 0.717) is 17.2 Å². The first kappa shape index (κ1) is 12.9. The highest BCUT2D eigenvalue weighted by Gasteiger charge is 2.24. The van der Waals surface area contributed by atoms with Crippen LogP contribution < -0.4 is 4.90 Å². The molecule has 1 aliphatic rings. The zero-order valence-electron chi connectivity index (χ0n) is 10.1. The van der Waals surface area contributed by atoms with Crippen LogP contribution in [0.2, 0.25) is 5.02 Å². The average Bonchev–Trinajstić information content (AvgIpc) is 2.85. The Morgan fingerprint density at radius 1 is 1.61 bits per heavy atom. The first-order valence-corrected chi connectivity index (χ1v) is 6.29. The molecule has 18 heavy (non-hydrogen) atoms. The molecule has 0 radical (unpaired) electrons. The Morgan fingerprint density at radius 3 is 3.17 bits per heavy atom. The Balaban J connectivity index is 2.11. The highest BCUT2D eigenvalue weighted by Crippen LogP contribution is 2.28. The Kier molecular flexibility index (Phi) is 4.24. The summed E-state index contributed by atoms with van der Waals surface area (Å²) < 4.78 is 5.63. The summed E-state index contributed by atoms with van der Waals surface area (Å²) in [5.41, 5.74) is 1.55. The van der Waals surface area contributed by atoms with Crippen molar-refractivity contribution in [3.63, 3.8) is 0 Å². The maximum Gasteiger partial charge on any atom is 0.101 e. The first-order valence-electron chi connectivity index (χ1n) is 5.91. The molecule has 0 saturated carbocycles. The smallest absolute Gasteiger partial charge is 0.101 e. The van der Waals surface area contributed by atoms with E-state index in [0.717, 1.165) is 25.2 Å². The standard InChI is InChI=1S/C14H15ClN2O/c1-2-7-18-13-5-6-17(10-13)14-8-12(15)4-3-11(14)9-16/h2-4,8,13H,1,5-7,10H2. The van der Waals surface area contributed by atoms with Crippen LogP contribution in [-0.4, -0.2) is 25.8 Å².